The lowest BCUT2D eigenvalue weighted by molar-refractivity contribution is -0.137. The van der Waals surface area contributed by atoms with Crippen molar-refractivity contribution in [3.05, 3.63) is 101 Å². The number of carbonyl (C=O) groups is 3. The van der Waals surface area contributed by atoms with Gasteiger partial charge in [-0.05, 0) is 41.5 Å². The lowest BCUT2D eigenvalue weighted by Crippen LogP contribution is -2.24. The van der Waals surface area contributed by atoms with Crippen LogP contribution in [0.5, 0.6) is 0 Å². The van der Waals surface area contributed by atoms with Crippen LogP contribution in [0, 0.1) is 0 Å². The van der Waals surface area contributed by atoms with Gasteiger partial charge in [-0.2, -0.15) is 13.2 Å². The standard InChI is InChI=1S/C25H18F3NO5/c26-25(27,28)19-8-4-5-9-20(19)29-22(30)14-33-23(31)16-10-11-18-17(12-16)13-21(34-24(18)32)15-6-2-1-3-7-15/h1-12,21H,13-14H2,(H,29,30). The van der Waals surface area contributed by atoms with Gasteiger partial charge < -0.3 is 14.8 Å². The van der Waals surface area contributed by atoms with Crippen LogP contribution in [-0.4, -0.2) is 24.5 Å². The van der Waals surface area contributed by atoms with E-state index in [1.54, 1.807) is 0 Å². The van der Waals surface area contributed by atoms with Crippen LogP contribution in [0.15, 0.2) is 72.8 Å². The van der Waals surface area contributed by atoms with Crippen molar-refractivity contribution < 1.29 is 37.0 Å². The number of nitrogens with one attached hydrogen (secondary N) is 1. The highest BCUT2D eigenvalue weighted by Gasteiger charge is 2.33. The molecule has 0 spiro atoms. The highest BCUT2D eigenvalue weighted by molar-refractivity contribution is 5.98. The SMILES string of the molecule is O=C(COC(=O)c1ccc2c(c1)CC(c1ccccc1)OC2=O)Nc1ccccc1C(F)(F)F. The fraction of sp³-hybridized carbons (Fsp3) is 0.160. The normalized spacial score (nSPS) is 15.1. The van der Waals surface area contributed by atoms with Crippen LogP contribution in [0.25, 0.3) is 0 Å². The Balaban J connectivity index is 1.42. The first kappa shape index (κ1) is 23.0. The molecule has 9 heteroatoms. The Morgan fingerprint density at radius 3 is 2.44 bits per heavy atom. The van der Waals surface area contributed by atoms with Crippen molar-refractivity contribution in [1.29, 1.82) is 0 Å². The molecule has 1 aliphatic rings. The molecule has 1 heterocycles. The van der Waals surface area contributed by atoms with Gasteiger partial charge in [-0.3, -0.25) is 4.79 Å². The monoisotopic (exact) mass is 469 g/mol. The van der Waals surface area contributed by atoms with Crippen molar-refractivity contribution in [1.82, 2.24) is 0 Å². The smallest absolute Gasteiger partial charge is 0.418 e. The minimum Gasteiger partial charge on any atom is -0.454 e. The lowest BCUT2D eigenvalue weighted by atomic mass is 9.93. The average Bonchev–Trinajstić information content (AvgIpc) is 2.82. The van der Waals surface area contributed by atoms with E-state index in [4.69, 9.17) is 9.47 Å². The van der Waals surface area contributed by atoms with Gasteiger partial charge in [-0.15, -0.1) is 0 Å². The summed E-state index contributed by atoms with van der Waals surface area (Å²) in [5, 5.41) is 2.11. The molecule has 3 aromatic rings. The van der Waals surface area contributed by atoms with Crippen molar-refractivity contribution in [2.24, 2.45) is 0 Å². The number of para-hydroxylation sites is 1. The van der Waals surface area contributed by atoms with Gasteiger partial charge in [0, 0.05) is 6.42 Å². The number of cyclic esters (lactones) is 1. The van der Waals surface area contributed by atoms with Crippen LogP contribution in [-0.2, 0) is 26.9 Å². The number of hydrogen-bond donors (Lipinski definition) is 1. The second-order valence-electron chi connectivity index (χ2n) is 7.55. The largest absolute Gasteiger partial charge is 0.454 e. The zero-order chi connectivity index (χ0) is 24.3. The molecule has 0 bridgehead atoms. The third-order valence-electron chi connectivity index (χ3n) is 5.23. The lowest BCUT2D eigenvalue weighted by Gasteiger charge is -2.25. The van der Waals surface area contributed by atoms with Gasteiger partial charge in [0.2, 0.25) is 0 Å². The van der Waals surface area contributed by atoms with Gasteiger partial charge in [0.15, 0.2) is 6.61 Å². The average molecular weight is 469 g/mol. The van der Waals surface area contributed by atoms with E-state index >= 15 is 0 Å². The molecule has 0 aliphatic carbocycles. The van der Waals surface area contributed by atoms with Crippen LogP contribution in [0.2, 0.25) is 0 Å². The van der Waals surface area contributed by atoms with E-state index in [-0.39, 0.29) is 5.56 Å². The van der Waals surface area contributed by atoms with Crippen molar-refractivity contribution in [2.45, 2.75) is 18.7 Å². The van der Waals surface area contributed by atoms with Crippen LogP contribution >= 0.6 is 0 Å². The minimum atomic E-state index is -4.65. The van der Waals surface area contributed by atoms with E-state index in [2.05, 4.69) is 5.32 Å². The Bertz CT molecular complexity index is 1240. The summed E-state index contributed by atoms with van der Waals surface area (Å²) in [6, 6.07) is 17.9. The van der Waals surface area contributed by atoms with Crippen molar-refractivity contribution in [3.63, 3.8) is 0 Å². The molecule has 34 heavy (non-hydrogen) atoms. The number of fused-ring (bicyclic) bond motifs is 1. The van der Waals surface area contributed by atoms with Crippen LogP contribution in [0.3, 0.4) is 0 Å². The number of carbonyl (C=O) groups excluding carboxylic acids is 3. The van der Waals surface area contributed by atoms with Gasteiger partial charge in [0.05, 0.1) is 22.4 Å². The third-order valence-corrected chi connectivity index (χ3v) is 5.23. The fourth-order valence-corrected chi connectivity index (χ4v) is 3.62. The molecular formula is C25H18F3NO5. The molecule has 0 fully saturated rings. The Labute approximate surface area is 192 Å². The summed E-state index contributed by atoms with van der Waals surface area (Å²) in [6.07, 6.45) is -4.81. The molecule has 0 radical (unpaired) electrons. The van der Waals surface area contributed by atoms with E-state index in [0.717, 1.165) is 17.7 Å². The second-order valence-corrected chi connectivity index (χ2v) is 7.55. The Kier molecular flexibility index (Phi) is 6.36. The summed E-state index contributed by atoms with van der Waals surface area (Å²) in [6.45, 7) is -0.781. The molecule has 3 aromatic carbocycles. The Morgan fingerprint density at radius 1 is 1.00 bits per heavy atom. The third kappa shape index (κ3) is 5.09. The highest BCUT2D eigenvalue weighted by Crippen LogP contribution is 2.34. The van der Waals surface area contributed by atoms with Crippen LogP contribution in [0.4, 0.5) is 18.9 Å². The first-order chi connectivity index (χ1) is 16.2. The molecule has 0 aromatic heterocycles. The first-order valence-electron chi connectivity index (χ1n) is 10.2. The van der Waals surface area contributed by atoms with Gasteiger partial charge in [-0.25, -0.2) is 9.59 Å². The first-order valence-corrected chi connectivity index (χ1v) is 10.2. The number of alkyl halides is 3. The van der Waals surface area contributed by atoms with Crippen molar-refractivity contribution in [2.75, 3.05) is 11.9 Å². The van der Waals surface area contributed by atoms with Gasteiger partial charge >= 0.3 is 18.1 Å². The Hall–Kier alpha value is -4.14. The Morgan fingerprint density at radius 2 is 1.71 bits per heavy atom. The summed E-state index contributed by atoms with van der Waals surface area (Å²) in [7, 11) is 0. The minimum absolute atomic E-state index is 0.101. The summed E-state index contributed by atoms with van der Waals surface area (Å²) in [5.41, 5.74) is 0.377. The number of halogens is 3. The fourth-order valence-electron chi connectivity index (χ4n) is 3.62. The van der Waals surface area contributed by atoms with E-state index in [0.29, 0.717) is 17.5 Å². The van der Waals surface area contributed by atoms with E-state index < -0.39 is 48.0 Å². The molecule has 0 saturated carbocycles. The maximum absolute atomic E-state index is 13.1. The number of esters is 2. The summed E-state index contributed by atoms with van der Waals surface area (Å²) in [5.74, 6) is -2.29. The molecule has 4 rings (SSSR count). The van der Waals surface area contributed by atoms with Gasteiger partial charge in [0.25, 0.3) is 5.91 Å². The molecule has 1 N–H and O–H groups in total. The summed E-state index contributed by atoms with van der Waals surface area (Å²) in [4.78, 5) is 36.9. The number of amides is 1. The maximum Gasteiger partial charge on any atom is 0.418 e. The summed E-state index contributed by atoms with van der Waals surface area (Å²) >= 11 is 0. The topological polar surface area (TPSA) is 81.7 Å². The molecule has 174 valence electrons. The number of rotatable bonds is 5. The molecular weight excluding hydrogens is 451 g/mol. The summed E-state index contributed by atoms with van der Waals surface area (Å²) < 4.78 is 49.6. The zero-order valence-electron chi connectivity index (χ0n) is 17.6. The molecule has 1 aliphatic heterocycles. The molecule has 0 saturated heterocycles. The van der Waals surface area contributed by atoms with Crippen LogP contribution < -0.4 is 5.32 Å². The molecule has 1 atom stereocenters. The number of hydrogen-bond acceptors (Lipinski definition) is 5. The number of benzene rings is 3. The highest BCUT2D eigenvalue weighted by atomic mass is 19.4. The van der Waals surface area contributed by atoms with E-state index in [1.807, 2.05) is 30.3 Å². The molecule has 6 nitrogen and oxygen atoms in total. The predicted octanol–water partition coefficient (Wildman–Crippen LogP) is 4.96. The van der Waals surface area contributed by atoms with Crippen LogP contribution in [0.1, 0.15) is 43.5 Å². The molecule has 1 amide bonds. The maximum atomic E-state index is 13.1. The predicted molar refractivity (Wildman–Crippen MR) is 115 cm³/mol. The van der Waals surface area contributed by atoms with Crippen molar-refractivity contribution in [3.8, 4) is 0 Å². The second kappa shape index (κ2) is 9.38. The van der Waals surface area contributed by atoms with Gasteiger partial charge in [-0.1, -0.05) is 42.5 Å². The van der Waals surface area contributed by atoms with Crippen molar-refractivity contribution >= 4 is 23.5 Å². The van der Waals surface area contributed by atoms with E-state index in [9.17, 15) is 27.6 Å². The number of ether oxygens (including phenoxy) is 2. The van der Waals surface area contributed by atoms with E-state index in [1.165, 1.54) is 30.3 Å². The quantitative estimate of drug-likeness (QED) is 0.535. The number of anilines is 1. The van der Waals surface area contributed by atoms with Gasteiger partial charge in [0.1, 0.15) is 6.10 Å². The zero-order valence-corrected chi connectivity index (χ0v) is 17.6. The molecule has 1 unspecified atom stereocenters.